The van der Waals surface area contributed by atoms with Gasteiger partial charge < -0.3 is 5.32 Å². The summed E-state index contributed by atoms with van der Waals surface area (Å²) in [7, 11) is 0. The van der Waals surface area contributed by atoms with E-state index in [-0.39, 0.29) is 11.6 Å². The number of anilines is 1. The zero-order valence-electron chi connectivity index (χ0n) is 12.2. The predicted octanol–water partition coefficient (Wildman–Crippen LogP) is 3.64. The molecule has 1 N–H and O–H groups in total. The number of nitro benzene ring substituents is 1. The third kappa shape index (κ3) is 3.43. The molecule has 0 aliphatic carbocycles. The molecule has 0 radical (unpaired) electrons. The highest BCUT2D eigenvalue weighted by Gasteiger charge is 2.15. The van der Waals surface area contributed by atoms with E-state index in [9.17, 15) is 14.9 Å². The van der Waals surface area contributed by atoms with Crippen LogP contribution in [0.25, 0.3) is 5.69 Å². The van der Waals surface area contributed by atoms with Crippen LogP contribution in [0, 0.1) is 13.7 Å². The van der Waals surface area contributed by atoms with E-state index in [0.717, 1.165) is 5.69 Å². The molecule has 1 amide bonds. The van der Waals surface area contributed by atoms with Crippen LogP contribution in [-0.2, 0) is 0 Å². The molecule has 0 aliphatic heterocycles. The van der Waals surface area contributed by atoms with Gasteiger partial charge >= 0.3 is 0 Å². The number of carbonyl (C=O) groups is 1. The minimum Gasteiger partial charge on any atom is -0.319 e. The summed E-state index contributed by atoms with van der Waals surface area (Å²) in [6.07, 6.45) is 3.24. The minimum atomic E-state index is -0.492. The van der Waals surface area contributed by atoms with Crippen molar-refractivity contribution < 1.29 is 9.72 Å². The van der Waals surface area contributed by atoms with Gasteiger partial charge in [0.25, 0.3) is 11.6 Å². The molecular weight excluding hydrogens is 423 g/mol. The molecule has 3 aromatic rings. The van der Waals surface area contributed by atoms with Crippen molar-refractivity contribution in [1.82, 2.24) is 9.78 Å². The van der Waals surface area contributed by atoms with E-state index in [1.807, 2.05) is 52.9 Å². The summed E-state index contributed by atoms with van der Waals surface area (Å²) >= 11 is 1.91. The lowest BCUT2D eigenvalue weighted by Gasteiger charge is -2.05. The predicted molar refractivity (Wildman–Crippen MR) is 97.3 cm³/mol. The Labute approximate surface area is 150 Å². The van der Waals surface area contributed by atoms with Crippen molar-refractivity contribution in [2.45, 2.75) is 0 Å². The van der Waals surface area contributed by atoms with Gasteiger partial charge in [0, 0.05) is 15.7 Å². The Morgan fingerprint density at radius 3 is 2.62 bits per heavy atom. The van der Waals surface area contributed by atoms with Crippen LogP contribution in [0.5, 0.6) is 0 Å². The van der Waals surface area contributed by atoms with Gasteiger partial charge in [-0.2, -0.15) is 5.10 Å². The van der Waals surface area contributed by atoms with Crippen molar-refractivity contribution in [3.63, 3.8) is 0 Å². The van der Waals surface area contributed by atoms with Crippen LogP contribution in [0.1, 0.15) is 10.4 Å². The first kappa shape index (κ1) is 16.1. The lowest BCUT2D eigenvalue weighted by molar-refractivity contribution is -0.384. The second kappa shape index (κ2) is 6.79. The number of nitro groups is 1. The second-order valence-corrected chi connectivity index (χ2v) is 6.05. The number of halogens is 1. The van der Waals surface area contributed by atoms with E-state index >= 15 is 0 Å². The lowest BCUT2D eigenvalue weighted by Crippen LogP contribution is -2.13. The van der Waals surface area contributed by atoms with Gasteiger partial charge in [-0.25, -0.2) is 4.68 Å². The minimum absolute atomic E-state index is 0.0483. The number of non-ortho nitro benzene ring substituents is 1. The number of rotatable bonds is 4. The summed E-state index contributed by atoms with van der Waals surface area (Å²) in [6, 6.07) is 13.6. The molecule has 7 nitrogen and oxygen atoms in total. The van der Waals surface area contributed by atoms with Crippen LogP contribution in [0.4, 0.5) is 11.4 Å². The first-order valence-corrected chi connectivity index (χ1v) is 7.98. The number of aromatic nitrogens is 2. The highest BCUT2D eigenvalue weighted by molar-refractivity contribution is 14.1. The topological polar surface area (TPSA) is 90.1 Å². The normalized spacial score (nSPS) is 10.4. The van der Waals surface area contributed by atoms with Crippen molar-refractivity contribution in [2.24, 2.45) is 0 Å². The molecule has 24 heavy (non-hydrogen) atoms. The largest absolute Gasteiger partial charge is 0.319 e. The molecule has 0 fully saturated rings. The molecule has 8 heteroatoms. The van der Waals surface area contributed by atoms with Crippen molar-refractivity contribution in [2.75, 3.05) is 5.32 Å². The fourth-order valence-corrected chi connectivity index (χ4v) is 2.85. The molecular formula is C16H11IN4O3. The Kier molecular flexibility index (Phi) is 4.56. The van der Waals surface area contributed by atoms with Crippen LogP contribution < -0.4 is 5.32 Å². The summed E-state index contributed by atoms with van der Waals surface area (Å²) in [5.41, 5.74) is 1.74. The highest BCUT2D eigenvalue weighted by atomic mass is 127. The molecule has 2 aromatic carbocycles. The van der Waals surface area contributed by atoms with E-state index in [2.05, 4.69) is 10.4 Å². The number of amides is 1. The number of benzene rings is 2. The Morgan fingerprint density at radius 1 is 1.21 bits per heavy atom. The standard InChI is InChI=1S/C16H11IN4O3/c17-15-8-13(21(23)24)6-7-14(15)16(22)19-11-9-18-20(10-11)12-4-2-1-3-5-12/h1-10H,(H,19,22). The molecule has 0 spiro atoms. The Balaban J connectivity index is 1.78. The number of hydrogen-bond donors (Lipinski definition) is 1. The van der Waals surface area contributed by atoms with E-state index in [0.29, 0.717) is 14.8 Å². The summed E-state index contributed by atoms with van der Waals surface area (Å²) in [5, 5.41) is 17.7. The summed E-state index contributed by atoms with van der Waals surface area (Å²) < 4.78 is 2.16. The average Bonchev–Trinajstić information content (AvgIpc) is 3.03. The molecule has 3 rings (SSSR count). The number of carbonyl (C=O) groups excluding carboxylic acids is 1. The summed E-state index contributed by atoms with van der Waals surface area (Å²) in [5.74, 6) is -0.345. The van der Waals surface area contributed by atoms with Gasteiger partial charge in [-0.05, 0) is 40.8 Å². The van der Waals surface area contributed by atoms with Gasteiger partial charge in [-0.3, -0.25) is 14.9 Å². The number of hydrogen-bond acceptors (Lipinski definition) is 4. The molecule has 0 saturated carbocycles. The molecule has 120 valence electrons. The molecule has 0 atom stereocenters. The highest BCUT2D eigenvalue weighted by Crippen LogP contribution is 2.21. The SMILES string of the molecule is O=C(Nc1cnn(-c2ccccc2)c1)c1ccc([N+](=O)[O-])cc1I. The maximum Gasteiger partial charge on any atom is 0.270 e. The Bertz CT molecular complexity index is 909. The van der Waals surface area contributed by atoms with Gasteiger partial charge in [-0.15, -0.1) is 0 Å². The smallest absolute Gasteiger partial charge is 0.270 e. The third-order valence-corrected chi connectivity index (χ3v) is 4.16. The maximum absolute atomic E-state index is 12.3. The van der Waals surface area contributed by atoms with Gasteiger partial charge in [0.05, 0.1) is 34.3 Å². The lowest BCUT2D eigenvalue weighted by atomic mass is 10.2. The van der Waals surface area contributed by atoms with Crippen molar-refractivity contribution in [1.29, 1.82) is 0 Å². The Hall–Kier alpha value is -2.75. The molecule has 0 saturated heterocycles. The Morgan fingerprint density at radius 2 is 1.96 bits per heavy atom. The van der Waals surface area contributed by atoms with Crippen LogP contribution in [0.3, 0.4) is 0 Å². The number of nitrogens with zero attached hydrogens (tertiary/aromatic N) is 3. The van der Waals surface area contributed by atoms with Gasteiger partial charge in [0.15, 0.2) is 0 Å². The quantitative estimate of drug-likeness (QED) is 0.386. The molecule has 1 aromatic heterocycles. The monoisotopic (exact) mass is 434 g/mol. The third-order valence-electron chi connectivity index (χ3n) is 3.27. The first-order valence-electron chi connectivity index (χ1n) is 6.90. The fourth-order valence-electron chi connectivity index (χ4n) is 2.11. The van der Waals surface area contributed by atoms with Crippen molar-refractivity contribution in [3.8, 4) is 5.69 Å². The van der Waals surface area contributed by atoms with Gasteiger partial charge in [0.1, 0.15) is 0 Å². The second-order valence-electron chi connectivity index (χ2n) is 4.88. The first-order chi connectivity index (χ1) is 11.5. The maximum atomic E-state index is 12.3. The van der Waals surface area contributed by atoms with E-state index in [1.165, 1.54) is 18.2 Å². The van der Waals surface area contributed by atoms with Crippen molar-refractivity contribution in [3.05, 3.63) is 80.2 Å². The summed E-state index contributed by atoms with van der Waals surface area (Å²) in [4.78, 5) is 22.6. The van der Waals surface area contributed by atoms with Gasteiger partial charge in [0.2, 0.25) is 0 Å². The number of nitrogens with one attached hydrogen (secondary N) is 1. The van der Waals surface area contributed by atoms with E-state index in [1.54, 1.807) is 17.1 Å². The van der Waals surface area contributed by atoms with Gasteiger partial charge in [-0.1, -0.05) is 18.2 Å². The zero-order chi connectivity index (χ0) is 17.1. The average molecular weight is 434 g/mol. The van der Waals surface area contributed by atoms with Crippen LogP contribution in [0.2, 0.25) is 0 Å². The van der Waals surface area contributed by atoms with Crippen LogP contribution in [-0.4, -0.2) is 20.6 Å². The summed E-state index contributed by atoms with van der Waals surface area (Å²) in [6.45, 7) is 0. The van der Waals surface area contributed by atoms with Crippen LogP contribution in [0.15, 0.2) is 60.9 Å². The molecule has 0 unspecified atom stereocenters. The van der Waals surface area contributed by atoms with Crippen LogP contribution >= 0.6 is 22.6 Å². The van der Waals surface area contributed by atoms with E-state index < -0.39 is 4.92 Å². The van der Waals surface area contributed by atoms with E-state index in [4.69, 9.17) is 0 Å². The molecule has 1 heterocycles. The molecule has 0 aliphatic rings. The van der Waals surface area contributed by atoms with Crippen molar-refractivity contribution >= 4 is 39.9 Å². The zero-order valence-corrected chi connectivity index (χ0v) is 14.4. The fraction of sp³-hybridized carbons (Fsp3) is 0. The number of para-hydroxylation sites is 1. The molecule has 0 bridgehead atoms.